The van der Waals surface area contributed by atoms with Gasteiger partial charge in [0.05, 0.1) is 5.56 Å². The van der Waals surface area contributed by atoms with Gasteiger partial charge in [0.1, 0.15) is 5.75 Å². The monoisotopic (exact) mass is 270 g/mol. The number of Topliss-reactive ketones (excluding diaryl/α,β-unsaturated/α-hetero) is 1. The molecule has 0 aliphatic heterocycles. The predicted molar refractivity (Wildman–Crippen MR) is 73.9 cm³/mol. The number of hydrogen-bond acceptors (Lipinski definition) is 4. The van der Waals surface area contributed by atoms with Crippen LogP contribution in [0.4, 0.5) is 0 Å². The van der Waals surface area contributed by atoms with E-state index < -0.39 is 5.97 Å². The molecule has 0 spiro atoms. The third kappa shape index (κ3) is 3.23. The smallest absolute Gasteiger partial charge is 0.338 e. The lowest BCUT2D eigenvalue weighted by Gasteiger charge is -2.05. The Morgan fingerprint density at radius 1 is 1.05 bits per heavy atom. The van der Waals surface area contributed by atoms with Crippen LogP contribution in [-0.2, 0) is 4.74 Å². The molecule has 0 fully saturated rings. The number of phenols is 1. The third-order valence-corrected chi connectivity index (χ3v) is 2.87. The van der Waals surface area contributed by atoms with Crippen LogP contribution in [-0.4, -0.2) is 23.5 Å². The fraction of sp³-hybridized carbons (Fsp3) is 0.125. The number of carbonyl (C=O) groups is 2. The number of hydrogen-bond donors (Lipinski definition) is 1. The van der Waals surface area contributed by atoms with Crippen molar-refractivity contribution in [2.75, 3.05) is 6.61 Å². The normalized spacial score (nSPS) is 10.1. The predicted octanol–water partition coefficient (Wildman–Crippen LogP) is 2.74. The van der Waals surface area contributed by atoms with Crippen LogP contribution in [0.3, 0.4) is 0 Å². The summed E-state index contributed by atoms with van der Waals surface area (Å²) in [6, 6.07) is 13.1. The zero-order valence-electron chi connectivity index (χ0n) is 11.0. The van der Waals surface area contributed by atoms with Gasteiger partial charge in [-0.15, -0.1) is 0 Å². The standard InChI is InChI=1S/C16H14O4/c1-11-7-8-13(9-14(11)17)16(19)20-10-15(18)12-5-3-2-4-6-12/h2-9,17H,10H2,1H3. The minimum absolute atomic E-state index is 0.0221. The van der Waals surface area contributed by atoms with Crippen LogP contribution in [0.1, 0.15) is 26.3 Å². The molecule has 0 atom stereocenters. The number of aryl methyl sites for hydroxylation is 1. The number of esters is 1. The van der Waals surface area contributed by atoms with Gasteiger partial charge in [-0.05, 0) is 24.6 Å². The number of rotatable bonds is 4. The van der Waals surface area contributed by atoms with Crippen molar-refractivity contribution in [1.29, 1.82) is 0 Å². The maximum absolute atomic E-state index is 11.8. The first kappa shape index (κ1) is 13.8. The second kappa shape index (κ2) is 6.02. The Hall–Kier alpha value is -2.62. The summed E-state index contributed by atoms with van der Waals surface area (Å²) in [4.78, 5) is 23.5. The van der Waals surface area contributed by atoms with Gasteiger partial charge in [-0.25, -0.2) is 4.79 Å². The number of aromatic hydroxyl groups is 1. The molecule has 102 valence electrons. The van der Waals surface area contributed by atoms with Gasteiger partial charge in [0.25, 0.3) is 0 Å². The van der Waals surface area contributed by atoms with Crippen LogP contribution in [0, 0.1) is 6.92 Å². The first-order valence-corrected chi connectivity index (χ1v) is 6.13. The van der Waals surface area contributed by atoms with Gasteiger partial charge in [-0.3, -0.25) is 4.79 Å². The van der Waals surface area contributed by atoms with Crippen LogP contribution < -0.4 is 0 Å². The molecule has 2 aromatic carbocycles. The van der Waals surface area contributed by atoms with E-state index in [4.69, 9.17) is 4.74 Å². The molecular formula is C16H14O4. The molecule has 0 saturated carbocycles. The summed E-state index contributed by atoms with van der Waals surface area (Å²) in [5, 5.41) is 9.53. The first-order valence-electron chi connectivity index (χ1n) is 6.13. The lowest BCUT2D eigenvalue weighted by Crippen LogP contribution is -2.14. The molecule has 0 radical (unpaired) electrons. The van der Waals surface area contributed by atoms with E-state index in [-0.39, 0.29) is 23.7 Å². The van der Waals surface area contributed by atoms with E-state index in [2.05, 4.69) is 0 Å². The Kier molecular flexibility index (Phi) is 4.15. The quantitative estimate of drug-likeness (QED) is 0.685. The van der Waals surface area contributed by atoms with E-state index in [1.807, 2.05) is 0 Å². The summed E-state index contributed by atoms with van der Waals surface area (Å²) in [7, 11) is 0. The van der Waals surface area contributed by atoms with Gasteiger partial charge in [0.15, 0.2) is 12.4 Å². The summed E-state index contributed by atoms with van der Waals surface area (Å²) < 4.78 is 4.94. The first-order chi connectivity index (χ1) is 9.58. The van der Waals surface area contributed by atoms with Crippen LogP contribution >= 0.6 is 0 Å². The van der Waals surface area contributed by atoms with Gasteiger partial charge in [-0.2, -0.15) is 0 Å². The molecule has 0 aromatic heterocycles. The molecule has 0 unspecified atom stereocenters. The van der Waals surface area contributed by atoms with Crippen molar-refractivity contribution in [3.05, 3.63) is 65.2 Å². The van der Waals surface area contributed by atoms with Crippen molar-refractivity contribution in [1.82, 2.24) is 0 Å². The molecule has 0 aliphatic carbocycles. The maximum Gasteiger partial charge on any atom is 0.338 e. The summed E-state index contributed by atoms with van der Waals surface area (Å²) in [5.41, 5.74) is 1.38. The van der Waals surface area contributed by atoms with Crippen LogP contribution in [0.2, 0.25) is 0 Å². The lowest BCUT2D eigenvalue weighted by atomic mass is 10.1. The van der Waals surface area contributed by atoms with Gasteiger partial charge in [-0.1, -0.05) is 36.4 Å². The molecule has 1 N–H and O–H groups in total. The molecule has 2 rings (SSSR count). The highest BCUT2D eigenvalue weighted by atomic mass is 16.5. The Balaban J connectivity index is 1.98. The number of carbonyl (C=O) groups excluding carboxylic acids is 2. The highest BCUT2D eigenvalue weighted by Gasteiger charge is 2.12. The SMILES string of the molecule is Cc1ccc(C(=O)OCC(=O)c2ccccc2)cc1O. The molecule has 4 heteroatoms. The topological polar surface area (TPSA) is 63.6 Å². The fourth-order valence-corrected chi connectivity index (χ4v) is 1.66. The Bertz CT molecular complexity index is 632. The molecule has 0 amide bonds. The Labute approximate surface area is 116 Å². The van der Waals surface area contributed by atoms with Gasteiger partial charge in [0.2, 0.25) is 0 Å². The summed E-state index contributed by atoms with van der Waals surface area (Å²) in [6.07, 6.45) is 0. The maximum atomic E-state index is 11.8. The Morgan fingerprint density at radius 2 is 1.75 bits per heavy atom. The zero-order valence-corrected chi connectivity index (χ0v) is 11.0. The van der Waals surface area contributed by atoms with Gasteiger partial charge >= 0.3 is 5.97 Å². The average Bonchev–Trinajstić information content (AvgIpc) is 2.48. The molecule has 0 heterocycles. The number of benzene rings is 2. The van der Waals surface area contributed by atoms with Crippen molar-refractivity contribution in [3.8, 4) is 5.75 Å². The van der Waals surface area contributed by atoms with Crippen molar-refractivity contribution in [2.24, 2.45) is 0 Å². The molecule has 0 aliphatic rings. The third-order valence-electron chi connectivity index (χ3n) is 2.87. The molecule has 0 saturated heterocycles. The van der Waals surface area contributed by atoms with E-state index in [0.717, 1.165) is 0 Å². The van der Waals surface area contributed by atoms with Gasteiger partial charge in [0, 0.05) is 5.56 Å². The summed E-state index contributed by atoms with van der Waals surface area (Å²) >= 11 is 0. The van der Waals surface area contributed by atoms with E-state index in [1.165, 1.54) is 6.07 Å². The van der Waals surface area contributed by atoms with E-state index >= 15 is 0 Å². The second-order valence-electron chi connectivity index (χ2n) is 4.37. The molecular weight excluding hydrogens is 256 g/mol. The van der Waals surface area contributed by atoms with Crippen molar-refractivity contribution in [3.63, 3.8) is 0 Å². The zero-order chi connectivity index (χ0) is 14.5. The Morgan fingerprint density at radius 3 is 2.40 bits per heavy atom. The minimum atomic E-state index is -0.635. The van der Waals surface area contributed by atoms with Crippen molar-refractivity contribution >= 4 is 11.8 Å². The molecule has 4 nitrogen and oxygen atoms in total. The van der Waals surface area contributed by atoms with E-state index in [0.29, 0.717) is 11.1 Å². The number of ketones is 1. The molecule has 20 heavy (non-hydrogen) atoms. The largest absolute Gasteiger partial charge is 0.508 e. The average molecular weight is 270 g/mol. The van der Waals surface area contributed by atoms with Crippen molar-refractivity contribution < 1.29 is 19.4 Å². The highest BCUT2D eigenvalue weighted by molar-refractivity contribution is 5.99. The van der Waals surface area contributed by atoms with Crippen molar-refractivity contribution in [2.45, 2.75) is 6.92 Å². The fourth-order valence-electron chi connectivity index (χ4n) is 1.66. The van der Waals surface area contributed by atoms with Crippen LogP contribution in [0.5, 0.6) is 5.75 Å². The number of ether oxygens (including phenoxy) is 1. The number of phenolic OH excluding ortho intramolecular Hbond substituents is 1. The summed E-state index contributed by atoms with van der Waals surface area (Å²) in [5.74, 6) is -0.881. The van der Waals surface area contributed by atoms with E-state index in [9.17, 15) is 14.7 Å². The second-order valence-corrected chi connectivity index (χ2v) is 4.37. The molecule has 2 aromatic rings. The van der Waals surface area contributed by atoms with E-state index in [1.54, 1.807) is 49.4 Å². The van der Waals surface area contributed by atoms with Gasteiger partial charge < -0.3 is 9.84 Å². The van der Waals surface area contributed by atoms with Crippen LogP contribution in [0.15, 0.2) is 48.5 Å². The molecule has 0 bridgehead atoms. The minimum Gasteiger partial charge on any atom is -0.508 e. The van der Waals surface area contributed by atoms with Crippen LogP contribution in [0.25, 0.3) is 0 Å². The summed E-state index contributed by atoms with van der Waals surface area (Å²) in [6.45, 7) is 1.40. The lowest BCUT2D eigenvalue weighted by molar-refractivity contribution is 0.0474. The highest BCUT2D eigenvalue weighted by Crippen LogP contribution is 2.18.